The summed E-state index contributed by atoms with van der Waals surface area (Å²) in [5, 5.41) is 13.7. The second kappa shape index (κ2) is 10.0. The maximum absolute atomic E-state index is 11.6. The molecule has 0 radical (unpaired) electrons. The van der Waals surface area contributed by atoms with Crippen LogP contribution in [0.25, 0.3) is 0 Å². The Morgan fingerprint density at radius 1 is 1.12 bits per heavy atom. The third-order valence-electron chi connectivity index (χ3n) is 5.51. The van der Waals surface area contributed by atoms with Crippen molar-refractivity contribution >= 4 is 55.3 Å². The van der Waals surface area contributed by atoms with Crippen molar-refractivity contribution in [3.8, 4) is 11.5 Å². The topological polar surface area (TPSA) is 125 Å². The van der Waals surface area contributed by atoms with Crippen LogP contribution in [-0.4, -0.2) is 28.2 Å². The minimum Gasteiger partial charge on any atom is -0.480 e. The number of fused-ring (bicyclic) bond motifs is 1. The van der Waals surface area contributed by atoms with Crippen LogP contribution in [0.15, 0.2) is 45.3 Å². The molecule has 2 aliphatic carbocycles. The number of nitro benzene ring substituents is 1. The number of nitrogens with one attached hydrogen (secondary N) is 1. The van der Waals surface area contributed by atoms with Gasteiger partial charge in [-0.3, -0.25) is 14.9 Å². The summed E-state index contributed by atoms with van der Waals surface area (Å²) >= 11 is 6.56. The number of amides is 1. The van der Waals surface area contributed by atoms with E-state index >= 15 is 0 Å². The van der Waals surface area contributed by atoms with E-state index in [4.69, 9.17) is 19.1 Å². The zero-order valence-corrected chi connectivity index (χ0v) is 20.7. The molecule has 0 unspecified atom stereocenters. The number of nitrogens with zero attached hydrogens (tertiary/aromatic N) is 1. The Labute approximate surface area is 206 Å². The van der Waals surface area contributed by atoms with E-state index in [1.807, 2.05) is 25.1 Å². The summed E-state index contributed by atoms with van der Waals surface area (Å²) in [4.78, 5) is 38.3. The fourth-order valence-corrected chi connectivity index (χ4v) is 3.95. The van der Waals surface area contributed by atoms with Crippen LogP contribution in [0.1, 0.15) is 39.0 Å². The maximum Gasteiger partial charge on any atom is 0.373 e. The first kappa shape index (κ1) is 24.9. The van der Waals surface area contributed by atoms with Gasteiger partial charge in [0.1, 0.15) is 11.4 Å². The number of hydrogen-bond acceptors (Lipinski definition) is 7. The van der Waals surface area contributed by atoms with Gasteiger partial charge in [0.25, 0.3) is 5.91 Å². The maximum atomic E-state index is 11.6. The van der Waals surface area contributed by atoms with Crippen molar-refractivity contribution in [3.05, 3.63) is 55.5 Å². The Kier molecular flexibility index (Phi) is 7.56. The van der Waals surface area contributed by atoms with E-state index in [1.165, 1.54) is 6.07 Å². The molecule has 5 rings (SSSR count). The molecule has 3 aliphatic rings. The van der Waals surface area contributed by atoms with E-state index in [2.05, 4.69) is 37.2 Å². The van der Waals surface area contributed by atoms with Crippen molar-refractivity contribution in [2.45, 2.75) is 50.2 Å². The van der Waals surface area contributed by atoms with Crippen molar-refractivity contribution in [2.24, 2.45) is 0 Å². The van der Waals surface area contributed by atoms with Crippen LogP contribution in [0.4, 0.5) is 11.4 Å². The number of rotatable bonds is 4. The lowest BCUT2D eigenvalue weighted by Gasteiger charge is -2.25. The number of nitro groups is 1. The molecule has 1 heterocycles. The van der Waals surface area contributed by atoms with E-state index in [0.717, 1.165) is 48.0 Å². The normalized spacial score (nSPS) is 17.4. The molecule has 0 aromatic heterocycles. The molecule has 2 fully saturated rings. The van der Waals surface area contributed by atoms with Gasteiger partial charge < -0.3 is 14.8 Å². The summed E-state index contributed by atoms with van der Waals surface area (Å²) in [6.07, 6.45) is 4.76. The van der Waals surface area contributed by atoms with Gasteiger partial charge >= 0.3 is 11.8 Å². The molecule has 33 heavy (non-hydrogen) atoms. The van der Waals surface area contributed by atoms with Gasteiger partial charge in [0.05, 0.1) is 10.6 Å². The third kappa shape index (κ3) is 5.98. The first-order chi connectivity index (χ1) is 15.7. The highest BCUT2D eigenvalue weighted by atomic mass is 79.9. The lowest BCUT2D eigenvalue weighted by molar-refractivity contribution is -0.386. The monoisotopic (exact) mass is 582 g/mol. The van der Waals surface area contributed by atoms with Gasteiger partial charge in [-0.05, 0) is 49.6 Å². The molecule has 2 aromatic rings. The number of anilines is 1. The Bertz CT molecular complexity index is 1110. The van der Waals surface area contributed by atoms with Crippen molar-refractivity contribution in [3.63, 3.8) is 0 Å². The van der Waals surface area contributed by atoms with Crippen LogP contribution in [0.3, 0.4) is 0 Å². The summed E-state index contributed by atoms with van der Waals surface area (Å²) < 4.78 is 13.0. The number of benzene rings is 2. The fourth-order valence-electron chi connectivity index (χ4n) is 3.24. The van der Waals surface area contributed by atoms with Gasteiger partial charge in [-0.2, -0.15) is 9.59 Å². The number of hydrogen-bond donors (Lipinski definition) is 1. The van der Waals surface area contributed by atoms with Crippen LogP contribution >= 0.6 is 31.9 Å². The molecule has 1 N–H and O–H groups in total. The van der Waals surface area contributed by atoms with E-state index in [0.29, 0.717) is 10.2 Å². The molecule has 2 aromatic carbocycles. The van der Waals surface area contributed by atoms with Gasteiger partial charge in [-0.15, -0.1) is 0 Å². The van der Waals surface area contributed by atoms with Crippen LogP contribution in [0.2, 0.25) is 0 Å². The van der Waals surface area contributed by atoms with E-state index in [9.17, 15) is 14.9 Å². The molecular formula is C22H20Br2N2O7. The van der Waals surface area contributed by atoms with Gasteiger partial charge in [0.15, 0.2) is 11.4 Å². The molecule has 0 bridgehead atoms. The van der Waals surface area contributed by atoms with Gasteiger partial charge in [-0.1, -0.05) is 38.8 Å². The second-order valence-corrected chi connectivity index (χ2v) is 9.61. The predicted octanol–water partition coefficient (Wildman–Crippen LogP) is 5.41. The second-order valence-electron chi connectivity index (χ2n) is 7.78. The van der Waals surface area contributed by atoms with Crippen molar-refractivity contribution in [1.82, 2.24) is 0 Å². The molecule has 1 aliphatic heterocycles. The van der Waals surface area contributed by atoms with E-state index in [-0.39, 0.29) is 23.3 Å². The fraction of sp³-hybridized carbons (Fsp3) is 0.364. The van der Waals surface area contributed by atoms with Crippen LogP contribution in [0.5, 0.6) is 11.5 Å². The predicted molar refractivity (Wildman–Crippen MR) is 124 cm³/mol. The Balaban J connectivity index is 0.000000167. The van der Waals surface area contributed by atoms with E-state index in [1.54, 1.807) is 12.1 Å². The molecule has 0 saturated heterocycles. The van der Waals surface area contributed by atoms with Gasteiger partial charge in [0, 0.05) is 27.9 Å². The summed E-state index contributed by atoms with van der Waals surface area (Å²) in [7, 11) is 0. The number of ether oxygens (including phenoxy) is 2. The zero-order chi connectivity index (χ0) is 24.2. The number of carbonyl (C=O) groups excluding carboxylic acids is 3. The highest BCUT2D eigenvalue weighted by Crippen LogP contribution is 2.47. The smallest absolute Gasteiger partial charge is 0.373 e. The molecule has 0 atom stereocenters. The van der Waals surface area contributed by atoms with Gasteiger partial charge in [-0.25, -0.2) is 0 Å². The Morgan fingerprint density at radius 3 is 2.27 bits per heavy atom. The Hall–Kier alpha value is -2.75. The molecule has 11 heteroatoms. The molecular weight excluding hydrogens is 564 g/mol. The minimum absolute atomic E-state index is 0.0110. The van der Waals surface area contributed by atoms with Crippen LogP contribution < -0.4 is 14.8 Å². The molecule has 1 amide bonds. The standard InChI is InChI=1S/C11H12BrNO3.C10H8BrNO2.CO2/c1-2-11(5-6-11)16-10-4-3-8(12)7-9(10)13(14)15;11-6-1-2-8-7(5-6)12-9(13)10(14-8)3-4-10;2-1-3/h3-4,7H,2,5-6H2,1H3;1-2,5H,3-4H2,(H,12,13);. The zero-order valence-electron chi connectivity index (χ0n) is 17.6. The average molecular weight is 584 g/mol. The quantitative estimate of drug-likeness (QED) is 0.377. The van der Waals surface area contributed by atoms with E-state index < -0.39 is 10.5 Å². The highest BCUT2D eigenvalue weighted by molar-refractivity contribution is 9.10. The van der Waals surface area contributed by atoms with Crippen molar-refractivity contribution < 1.29 is 28.8 Å². The minimum atomic E-state index is -0.541. The van der Waals surface area contributed by atoms with Crippen LogP contribution in [0, 0.1) is 10.1 Å². The van der Waals surface area contributed by atoms with Crippen molar-refractivity contribution in [1.29, 1.82) is 0 Å². The van der Waals surface area contributed by atoms with Crippen molar-refractivity contribution in [2.75, 3.05) is 5.32 Å². The average Bonchev–Trinajstić information content (AvgIpc) is 3.69. The summed E-state index contributed by atoms with van der Waals surface area (Å²) in [6, 6.07) is 10.5. The highest BCUT2D eigenvalue weighted by Gasteiger charge is 2.55. The molecule has 9 nitrogen and oxygen atoms in total. The largest absolute Gasteiger partial charge is 0.480 e. The van der Waals surface area contributed by atoms with Gasteiger partial charge in [0.2, 0.25) is 0 Å². The summed E-state index contributed by atoms with van der Waals surface area (Å²) in [5.41, 5.74) is 0.0791. The third-order valence-corrected chi connectivity index (χ3v) is 6.50. The molecule has 2 saturated carbocycles. The Morgan fingerprint density at radius 2 is 1.73 bits per heavy atom. The molecule has 174 valence electrons. The number of carbonyl (C=O) groups is 1. The first-order valence-electron chi connectivity index (χ1n) is 10.1. The SMILES string of the molecule is CCC1(Oc2ccc(Br)cc2[N+](=O)[O-])CC1.O=C1Nc2cc(Br)ccc2OC12CC2.O=C=O. The number of halogens is 2. The molecule has 1 spiro atoms. The van der Waals surface area contributed by atoms with Crippen LogP contribution in [-0.2, 0) is 14.4 Å². The summed E-state index contributed by atoms with van der Waals surface area (Å²) in [6.45, 7) is 2.04. The first-order valence-corrected chi connectivity index (χ1v) is 11.7. The summed E-state index contributed by atoms with van der Waals surface area (Å²) in [5.74, 6) is 1.13. The lowest BCUT2D eigenvalue weighted by Crippen LogP contribution is -2.38. The lowest BCUT2D eigenvalue weighted by atomic mass is 10.2.